The normalized spacial score (nSPS) is 11.5. The monoisotopic (exact) mass is 663 g/mol. The second-order valence-electron chi connectivity index (χ2n) is 9.96. The van der Waals surface area contributed by atoms with Crippen molar-refractivity contribution in [3.8, 4) is 22.1 Å². The lowest BCUT2D eigenvalue weighted by molar-refractivity contribution is -0.119. The van der Waals surface area contributed by atoms with Crippen molar-refractivity contribution in [3.05, 3.63) is 102 Å². The summed E-state index contributed by atoms with van der Waals surface area (Å²) in [5.74, 6) is -1.07. The van der Waals surface area contributed by atoms with Crippen molar-refractivity contribution in [2.75, 3.05) is 19.0 Å². The van der Waals surface area contributed by atoms with Gasteiger partial charge in [0.2, 0.25) is 5.91 Å². The number of thiocarbonyl (C=S) groups is 1. The minimum atomic E-state index is -0.875. The molecule has 0 aliphatic carbocycles. The fourth-order valence-electron chi connectivity index (χ4n) is 4.46. The molecule has 0 fully saturated rings. The molecule has 0 spiro atoms. The zero-order valence-corrected chi connectivity index (χ0v) is 25.9. The van der Waals surface area contributed by atoms with Gasteiger partial charge in [0, 0.05) is 43.7 Å². The van der Waals surface area contributed by atoms with Crippen molar-refractivity contribution in [3.63, 3.8) is 0 Å². The number of primary amides is 1. The molecule has 3 heterocycles. The molecule has 0 bridgehead atoms. The number of amides is 2. The van der Waals surface area contributed by atoms with Crippen LogP contribution >= 0.6 is 23.6 Å². The second-order valence-corrected chi connectivity index (χ2v) is 11.4. The predicted octanol–water partition coefficient (Wildman–Crippen LogP) is 6.14. The Morgan fingerprint density at radius 2 is 1.78 bits per heavy atom. The molecule has 1 atom stereocenters. The second kappa shape index (κ2) is 14.8. The van der Waals surface area contributed by atoms with E-state index in [4.69, 9.17) is 32.2 Å². The first kappa shape index (κ1) is 32.3. The number of carbonyl (C=O) groups is 2. The van der Waals surface area contributed by atoms with E-state index in [-0.39, 0.29) is 23.9 Å². The Kier molecular flexibility index (Phi) is 10.4. The molecule has 236 valence electrons. The number of rotatable bonds is 11. The van der Waals surface area contributed by atoms with Crippen LogP contribution in [0.4, 0.5) is 19.3 Å². The highest BCUT2D eigenvalue weighted by molar-refractivity contribution is 7.80. The third-order valence-electron chi connectivity index (χ3n) is 6.49. The Hall–Kier alpha value is -5.05. The summed E-state index contributed by atoms with van der Waals surface area (Å²) < 4.78 is 45.0. The summed E-state index contributed by atoms with van der Waals surface area (Å²) in [6.45, 7) is 0.195. The quantitative estimate of drug-likeness (QED) is 0.142. The highest BCUT2D eigenvalue weighted by atomic mass is 32.1. The van der Waals surface area contributed by atoms with Gasteiger partial charge < -0.3 is 30.6 Å². The number of pyridine rings is 2. The van der Waals surface area contributed by atoms with Gasteiger partial charge in [-0.25, -0.2) is 13.6 Å². The number of methoxy groups -OCH3 is 1. The maximum absolute atomic E-state index is 15.1. The Morgan fingerprint density at radius 3 is 2.48 bits per heavy atom. The summed E-state index contributed by atoms with van der Waals surface area (Å²) in [7, 11) is 1.51. The number of nitrogens with one attached hydrogen (secondary N) is 2. The molecule has 0 aliphatic rings. The number of nitrogens with zero attached hydrogens (tertiary/aromatic N) is 2. The lowest BCUT2D eigenvalue weighted by Gasteiger charge is -2.15. The molecule has 2 aromatic carbocycles. The van der Waals surface area contributed by atoms with E-state index in [1.165, 1.54) is 54.8 Å². The number of hydrogen-bond acceptors (Lipinski definition) is 9. The molecule has 46 heavy (non-hydrogen) atoms. The van der Waals surface area contributed by atoms with Gasteiger partial charge >= 0.3 is 6.09 Å². The average Bonchev–Trinajstić information content (AvgIpc) is 3.45. The molecule has 0 radical (unpaired) electrons. The summed E-state index contributed by atoms with van der Waals surface area (Å²) in [6, 6.07) is 17.0. The molecule has 5 aromatic rings. The van der Waals surface area contributed by atoms with Gasteiger partial charge in [0.05, 0.1) is 33.8 Å². The molecule has 14 heteroatoms. The molecule has 1 unspecified atom stereocenters. The summed E-state index contributed by atoms with van der Waals surface area (Å²) in [5.41, 5.74) is 8.25. The number of carbonyl (C=O) groups excluding carboxylic acids is 2. The maximum Gasteiger partial charge on any atom is 0.404 e. The lowest BCUT2D eigenvalue weighted by Crippen LogP contribution is -2.35. The lowest BCUT2D eigenvalue weighted by atomic mass is 10.1. The zero-order valence-electron chi connectivity index (χ0n) is 24.3. The van der Waals surface area contributed by atoms with Crippen molar-refractivity contribution in [2.45, 2.75) is 18.9 Å². The van der Waals surface area contributed by atoms with Crippen LogP contribution in [-0.4, -0.2) is 46.9 Å². The Balaban J connectivity index is 1.23. The number of halogens is 2. The van der Waals surface area contributed by atoms with Crippen molar-refractivity contribution >= 4 is 56.6 Å². The van der Waals surface area contributed by atoms with Crippen LogP contribution < -0.4 is 21.1 Å². The third-order valence-corrected chi connectivity index (χ3v) is 7.86. The van der Waals surface area contributed by atoms with Crippen LogP contribution in [0, 0.1) is 11.6 Å². The number of benzene rings is 2. The zero-order chi connectivity index (χ0) is 32.6. The standard InChI is InChI=1S/C32H27F2N5O5S2/c1-42-17-22(43-31(35)41)12-19-4-8-24(37-16-19)28-15-25-30(46-28)27(10-11-36-25)44-26-9-7-21(14-23(26)34)38-32(45)39-29(40)13-18-2-5-20(33)6-3-18/h2-11,14-16,22H,12-13,17H2,1H3,(H2,35,41)(H2,38,39,40,45). The number of fused-ring (bicyclic) bond motifs is 1. The van der Waals surface area contributed by atoms with Crippen molar-refractivity contribution < 1.29 is 32.6 Å². The van der Waals surface area contributed by atoms with Gasteiger partial charge in [0.15, 0.2) is 16.7 Å². The van der Waals surface area contributed by atoms with E-state index < -0.39 is 29.7 Å². The van der Waals surface area contributed by atoms with E-state index in [0.29, 0.717) is 39.3 Å². The fourth-order valence-corrected chi connectivity index (χ4v) is 5.73. The highest BCUT2D eigenvalue weighted by Crippen LogP contribution is 2.39. The van der Waals surface area contributed by atoms with Gasteiger partial charge in [-0.2, -0.15) is 0 Å². The van der Waals surface area contributed by atoms with Crippen LogP contribution in [-0.2, 0) is 27.1 Å². The number of anilines is 1. The van der Waals surface area contributed by atoms with Crippen molar-refractivity contribution in [1.82, 2.24) is 15.3 Å². The first-order valence-corrected chi connectivity index (χ1v) is 15.0. The largest absolute Gasteiger partial charge is 0.453 e. The summed E-state index contributed by atoms with van der Waals surface area (Å²) in [4.78, 5) is 33.2. The molecule has 10 nitrogen and oxygen atoms in total. The topological polar surface area (TPSA) is 138 Å². The average molecular weight is 664 g/mol. The molecule has 5 rings (SSSR count). The molecule has 2 amide bonds. The summed E-state index contributed by atoms with van der Waals surface area (Å²) in [5, 5.41) is 5.28. The van der Waals surface area contributed by atoms with Gasteiger partial charge in [-0.15, -0.1) is 11.3 Å². The van der Waals surface area contributed by atoms with Crippen LogP contribution in [0.25, 0.3) is 20.8 Å². The Morgan fingerprint density at radius 1 is 1.00 bits per heavy atom. The van der Waals surface area contributed by atoms with Crippen molar-refractivity contribution in [2.24, 2.45) is 5.73 Å². The minimum Gasteiger partial charge on any atom is -0.453 e. The first-order chi connectivity index (χ1) is 22.2. The van der Waals surface area contributed by atoms with Crippen molar-refractivity contribution in [1.29, 1.82) is 0 Å². The molecule has 0 aliphatic heterocycles. The summed E-state index contributed by atoms with van der Waals surface area (Å²) in [6.07, 6.45) is 2.23. The van der Waals surface area contributed by atoms with Gasteiger partial charge in [0.1, 0.15) is 17.7 Å². The van der Waals surface area contributed by atoms with Gasteiger partial charge in [-0.3, -0.25) is 14.8 Å². The minimum absolute atomic E-state index is 0.00140. The van der Waals surface area contributed by atoms with Gasteiger partial charge in [-0.1, -0.05) is 18.2 Å². The molecular formula is C32H27F2N5O5S2. The van der Waals surface area contributed by atoms with Crippen LogP contribution in [0.15, 0.2) is 79.1 Å². The van der Waals surface area contributed by atoms with Crippen LogP contribution in [0.5, 0.6) is 11.5 Å². The first-order valence-electron chi connectivity index (χ1n) is 13.8. The highest BCUT2D eigenvalue weighted by Gasteiger charge is 2.16. The molecule has 0 saturated heterocycles. The predicted molar refractivity (Wildman–Crippen MR) is 174 cm³/mol. The number of ether oxygens (including phenoxy) is 3. The Labute approximate surface area is 271 Å². The van der Waals surface area contributed by atoms with Gasteiger partial charge in [0.25, 0.3) is 0 Å². The van der Waals surface area contributed by atoms with E-state index in [9.17, 15) is 14.0 Å². The van der Waals surface area contributed by atoms with Gasteiger partial charge in [-0.05, 0) is 59.7 Å². The molecule has 3 aromatic heterocycles. The van der Waals surface area contributed by atoms with Crippen LogP contribution in [0.1, 0.15) is 11.1 Å². The van der Waals surface area contributed by atoms with E-state index in [0.717, 1.165) is 10.4 Å². The number of hydrogen-bond donors (Lipinski definition) is 3. The number of nitrogens with two attached hydrogens (primary N) is 1. The van der Waals surface area contributed by atoms with E-state index in [1.54, 1.807) is 24.5 Å². The molecule has 0 saturated carbocycles. The van der Waals surface area contributed by atoms with E-state index >= 15 is 4.39 Å². The number of thiophene rings is 1. The fraction of sp³-hybridized carbons (Fsp3) is 0.156. The van der Waals surface area contributed by atoms with E-state index in [2.05, 4.69) is 20.6 Å². The molecular weight excluding hydrogens is 637 g/mol. The molecule has 4 N–H and O–H groups in total. The smallest absolute Gasteiger partial charge is 0.404 e. The SMILES string of the molecule is COCC(Cc1ccc(-c2cc3nccc(Oc4ccc(NC(=S)NC(=O)Cc5ccc(F)cc5)cc4F)c3s2)nc1)OC(N)=O. The van der Waals surface area contributed by atoms with Crippen LogP contribution in [0.2, 0.25) is 0 Å². The summed E-state index contributed by atoms with van der Waals surface area (Å²) >= 11 is 6.57. The number of aromatic nitrogens is 2. The maximum atomic E-state index is 15.1. The Bertz CT molecular complexity index is 1870. The van der Waals surface area contributed by atoms with E-state index in [1.807, 2.05) is 18.2 Å². The third kappa shape index (κ3) is 8.56. The van der Waals surface area contributed by atoms with Crippen LogP contribution in [0.3, 0.4) is 0 Å².